The van der Waals surface area contributed by atoms with Crippen LogP contribution in [0.15, 0.2) is 36.4 Å². The summed E-state index contributed by atoms with van der Waals surface area (Å²) in [5.74, 6) is 0.440. The van der Waals surface area contributed by atoms with E-state index < -0.39 is 0 Å². The lowest BCUT2D eigenvalue weighted by atomic mass is 9.95. The molecule has 0 radical (unpaired) electrons. The molecule has 2 aromatic carbocycles. The van der Waals surface area contributed by atoms with Crippen LogP contribution in [0.5, 0.6) is 11.5 Å². The number of amides is 2. The first-order valence-corrected chi connectivity index (χ1v) is 9.27. The maximum Gasteiger partial charge on any atom is 0.253 e. The minimum absolute atomic E-state index is 0.0765. The van der Waals surface area contributed by atoms with E-state index in [1.165, 1.54) is 6.07 Å². The number of likely N-dealkylation sites (tertiary alicyclic amines) is 1. The maximum atomic E-state index is 13.7. The molecule has 28 heavy (non-hydrogen) atoms. The number of rotatable bonds is 3. The Bertz CT molecular complexity index is 923. The van der Waals surface area contributed by atoms with Crippen LogP contribution in [0, 0.1) is 18.7 Å². The number of benzene rings is 2. The van der Waals surface area contributed by atoms with Crippen LogP contribution in [0.25, 0.3) is 0 Å². The standard InChI is InChI=1S/C21H21FN2O4/c1-13-2-3-15(10-17(13)22)21(26)24-8-6-14(7-9-24)20(25)23-16-4-5-18-19(11-16)28-12-27-18/h2-5,10-11,14H,6-9,12H2,1H3,(H,23,25). The molecule has 1 fully saturated rings. The smallest absolute Gasteiger partial charge is 0.253 e. The summed E-state index contributed by atoms with van der Waals surface area (Å²) in [6, 6.07) is 9.80. The lowest BCUT2D eigenvalue weighted by molar-refractivity contribution is -0.121. The van der Waals surface area contributed by atoms with Crippen molar-refractivity contribution in [2.45, 2.75) is 19.8 Å². The van der Waals surface area contributed by atoms with Crippen molar-refractivity contribution in [3.63, 3.8) is 0 Å². The third-order valence-corrected chi connectivity index (χ3v) is 5.21. The molecule has 2 amide bonds. The highest BCUT2D eigenvalue weighted by atomic mass is 19.1. The summed E-state index contributed by atoms with van der Waals surface area (Å²) in [6.45, 7) is 2.78. The predicted molar refractivity (Wildman–Crippen MR) is 101 cm³/mol. The summed E-state index contributed by atoms with van der Waals surface area (Å²) in [5.41, 5.74) is 1.50. The third kappa shape index (κ3) is 3.65. The Morgan fingerprint density at radius 3 is 2.57 bits per heavy atom. The van der Waals surface area contributed by atoms with Crippen LogP contribution >= 0.6 is 0 Å². The molecule has 2 heterocycles. The SMILES string of the molecule is Cc1ccc(C(=O)N2CCC(C(=O)Nc3ccc4c(c3)OCO4)CC2)cc1F. The number of carbonyl (C=O) groups is 2. The van der Waals surface area contributed by atoms with Gasteiger partial charge in [-0.3, -0.25) is 9.59 Å². The Balaban J connectivity index is 1.33. The van der Waals surface area contributed by atoms with Crippen molar-refractivity contribution >= 4 is 17.5 Å². The maximum absolute atomic E-state index is 13.7. The molecule has 2 aromatic rings. The number of halogens is 1. The quantitative estimate of drug-likeness (QED) is 0.881. The van der Waals surface area contributed by atoms with E-state index in [2.05, 4.69) is 5.32 Å². The molecule has 0 spiro atoms. The van der Waals surface area contributed by atoms with E-state index in [-0.39, 0.29) is 30.3 Å². The van der Waals surface area contributed by atoms with Gasteiger partial charge in [0.15, 0.2) is 11.5 Å². The Hall–Kier alpha value is -3.09. The summed E-state index contributed by atoms with van der Waals surface area (Å²) >= 11 is 0. The molecule has 0 aliphatic carbocycles. The summed E-state index contributed by atoms with van der Waals surface area (Å²) in [4.78, 5) is 26.8. The van der Waals surface area contributed by atoms with E-state index >= 15 is 0 Å². The topological polar surface area (TPSA) is 67.9 Å². The second-order valence-electron chi connectivity index (χ2n) is 7.09. The number of nitrogens with zero attached hydrogens (tertiary/aromatic N) is 1. The number of hydrogen-bond acceptors (Lipinski definition) is 4. The van der Waals surface area contributed by atoms with Gasteiger partial charge in [-0.15, -0.1) is 0 Å². The van der Waals surface area contributed by atoms with E-state index in [1.807, 2.05) is 0 Å². The number of anilines is 1. The second-order valence-corrected chi connectivity index (χ2v) is 7.09. The van der Waals surface area contributed by atoms with Crippen LogP contribution in [0.4, 0.5) is 10.1 Å². The van der Waals surface area contributed by atoms with Gasteiger partial charge in [0.1, 0.15) is 5.82 Å². The first-order chi connectivity index (χ1) is 13.5. The number of carbonyl (C=O) groups excluding carboxylic acids is 2. The fraction of sp³-hybridized carbons (Fsp3) is 0.333. The molecular formula is C21H21FN2O4. The van der Waals surface area contributed by atoms with E-state index in [0.29, 0.717) is 54.2 Å². The Kier molecular flexibility index (Phi) is 4.90. The van der Waals surface area contributed by atoms with Gasteiger partial charge in [-0.1, -0.05) is 6.07 Å². The molecule has 0 unspecified atom stereocenters. The first kappa shape index (κ1) is 18.3. The van der Waals surface area contributed by atoms with Gasteiger partial charge in [-0.2, -0.15) is 0 Å². The van der Waals surface area contributed by atoms with Gasteiger partial charge < -0.3 is 19.7 Å². The Morgan fingerprint density at radius 2 is 1.82 bits per heavy atom. The molecule has 4 rings (SSSR count). The van der Waals surface area contributed by atoms with Crippen LogP contribution < -0.4 is 14.8 Å². The lowest BCUT2D eigenvalue weighted by Crippen LogP contribution is -2.41. The highest BCUT2D eigenvalue weighted by Gasteiger charge is 2.28. The van der Waals surface area contributed by atoms with Crippen molar-refractivity contribution in [3.05, 3.63) is 53.3 Å². The zero-order valence-electron chi connectivity index (χ0n) is 15.5. The molecule has 146 valence electrons. The zero-order chi connectivity index (χ0) is 19.7. The minimum atomic E-state index is -0.385. The fourth-order valence-corrected chi connectivity index (χ4v) is 3.47. The molecular weight excluding hydrogens is 363 g/mol. The van der Waals surface area contributed by atoms with Gasteiger partial charge in [0.05, 0.1) is 0 Å². The molecule has 2 aliphatic heterocycles. The van der Waals surface area contributed by atoms with Crippen LogP contribution in [0.2, 0.25) is 0 Å². The molecule has 2 aliphatic rings. The summed E-state index contributed by atoms with van der Waals surface area (Å²) in [7, 11) is 0. The average Bonchev–Trinajstić information content (AvgIpc) is 3.17. The number of fused-ring (bicyclic) bond motifs is 1. The van der Waals surface area contributed by atoms with Gasteiger partial charge in [-0.25, -0.2) is 4.39 Å². The van der Waals surface area contributed by atoms with E-state index in [4.69, 9.17) is 9.47 Å². The summed E-state index contributed by atoms with van der Waals surface area (Å²) in [5, 5.41) is 2.90. The molecule has 0 aromatic heterocycles. The molecule has 1 N–H and O–H groups in total. The van der Waals surface area contributed by atoms with Crippen LogP contribution in [0.1, 0.15) is 28.8 Å². The Morgan fingerprint density at radius 1 is 1.07 bits per heavy atom. The van der Waals surface area contributed by atoms with Crippen LogP contribution in [0.3, 0.4) is 0 Å². The lowest BCUT2D eigenvalue weighted by Gasteiger charge is -2.31. The zero-order valence-corrected chi connectivity index (χ0v) is 15.5. The molecule has 1 saturated heterocycles. The number of nitrogens with one attached hydrogen (secondary N) is 1. The minimum Gasteiger partial charge on any atom is -0.454 e. The van der Waals surface area contributed by atoms with Gasteiger partial charge in [0, 0.05) is 36.3 Å². The number of piperidine rings is 1. The second kappa shape index (κ2) is 7.50. The van der Waals surface area contributed by atoms with Crippen LogP contribution in [-0.2, 0) is 4.79 Å². The third-order valence-electron chi connectivity index (χ3n) is 5.21. The van der Waals surface area contributed by atoms with Gasteiger partial charge in [-0.05, 0) is 49.6 Å². The van der Waals surface area contributed by atoms with Crippen molar-refractivity contribution in [1.82, 2.24) is 4.90 Å². The van der Waals surface area contributed by atoms with Crippen molar-refractivity contribution in [3.8, 4) is 11.5 Å². The summed E-state index contributed by atoms with van der Waals surface area (Å²) in [6.07, 6.45) is 1.13. The summed E-state index contributed by atoms with van der Waals surface area (Å²) < 4.78 is 24.3. The largest absolute Gasteiger partial charge is 0.454 e. The van der Waals surface area contributed by atoms with Crippen molar-refractivity contribution in [2.75, 3.05) is 25.2 Å². The first-order valence-electron chi connectivity index (χ1n) is 9.27. The monoisotopic (exact) mass is 384 g/mol. The molecule has 0 saturated carbocycles. The average molecular weight is 384 g/mol. The molecule has 0 atom stereocenters. The van der Waals surface area contributed by atoms with E-state index in [1.54, 1.807) is 42.2 Å². The van der Waals surface area contributed by atoms with Gasteiger partial charge in [0.25, 0.3) is 5.91 Å². The molecule has 6 nitrogen and oxygen atoms in total. The Labute approximate surface area is 162 Å². The van der Waals surface area contributed by atoms with Crippen molar-refractivity contribution < 1.29 is 23.5 Å². The predicted octanol–water partition coefficient (Wildman–Crippen LogP) is 3.35. The molecule has 7 heteroatoms. The van der Waals surface area contributed by atoms with Gasteiger partial charge in [0.2, 0.25) is 12.7 Å². The van der Waals surface area contributed by atoms with Gasteiger partial charge >= 0.3 is 0 Å². The van der Waals surface area contributed by atoms with E-state index in [0.717, 1.165) is 0 Å². The van der Waals surface area contributed by atoms with Crippen LogP contribution in [-0.4, -0.2) is 36.6 Å². The number of ether oxygens (including phenoxy) is 2. The normalized spacial score (nSPS) is 16.1. The highest BCUT2D eigenvalue weighted by molar-refractivity contribution is 5.95. The highest BCUT2D eigenvalue weighted by Crippen LogP contribution is 2.34. The van der Waals surface area contributed by atoms with E-state index in [9.17, 15) is 14.0 Å². The van der Waals surface area contributed by atoms with Crippen molar-refractivity contribution in [1.29, 1.82) is 0 Å². The molecule has 0 bridgehead atoms. The number of aryl methyl sites for hydroxylation is 1. The fourth-order valence-electron chi connectivity index (χ4n) is 3.47. The van der Waals surface area contributed by atoms with Crippen molar-refractivity contribution in [2.24, 2.45) is 5.92 Å². The number of hydrogen-bond donors (Lipinski definition) is 1.